The number of aromatic nitrogens is 4. The lowest BCUT2D eigenvalue weighted by Gasteiger charge is -2.08. The highest BCUT2D eigenvalue weighted by Gasteiger charge is 2.11. The molecular weight excluding hydrogens is 248 g/mol. The van der Waals surface area contributed by atoms with Crippen LogP contribution in [0.5, 0.6) is 0 Å². The molecule has 1 amide bonds. The van der Waals surface area contributed by atoms with Gasteiger partial charge in [-0.15, -0.1) is 0 Å². The summed E-state index contributed by atoms with van der Waals surface area (Å²) in [6, 6.07) is 0. The zero-order chi connectivity index (χ0) is 13.7. The highest BCUT2D eigenvalue weighted by Crippen LogP contribution is 2.19. The molecule has 0 aliphatic rings. The number of nitrogens with zero attached hydrogens (tertiary/aromatic N) is 3. The van der Waals surface area contributed by atoms with E-state index in [2.05, 4.69) is 42.5 Å². The molecule has 0 bridgehead atoms. The predicted octanol–water partition coefficient (Wildman–Crippen LogP) is 1.74. The zero-order valence-electron chi connectivity index (χ0n) is 10.9. The van der Waals surface area contributed by atoms with Gasteiger partial charge in [0.15, 0.2) is 5.82 Å². The van der Waals surface area contributed by atoms with Gasteiger partial charge in [-0.25, -0.2) is 9.78 Å². The van der Waals surface area contributed by atoms with Gasteiger partial charge in [-0.3, -0.25) is 10.4 Å². The number of amides is 1. The van der Waals surface area contributed by atoms with Gasteiger partial charge in [0.2, 0.25) is 5.95 Å². The van der Waals surface area contributed by atoms with Crippen LogP contribution in [0.1, 0.15) is 19.8 Å². The summed E-state index contributed by atoms with van der Waals surface area (Å²) in [4.78, 5) is 19.6. The molecule has 0 aliphatic heterocycles. The van der Waals surface area contributed by atoms with Crippen LogP contribution in [0.2, 0.25) is 0 Å². The number of nitrogens with one attached hydrogen (secondary N) is 3. The number of fused-ring (bicyclic) bond motifs is 1. The molecule has 0 unspecified atom stereocenters. The van der Waals surface area contributed by atoms with E-state index in [9.17, 15) is 4.79 Å². The van der Waals surface area contributed by atoms with Gasteiger partial charge in [0, 0.05) is 6.54 Å². The fraction of sp³-hybridized carbons (Fsp3) is 0.455. The molecule has 2 aromatic rings. The molecule has 19 heavy (non-hydrogen) atoms. The van der Waals surface area contributed by atoms with Crippen molar-refractivity contribution < 1.29 is 9.53 Å². The lowest BCUT2D eigenvalue weighted by molar-refractivity contribution is 0.186. The van der Waals surface area contributed by atoms with Crippen molar-refractivity contribution in [3.63, 3.8) is 0 Å². The molecule has 2 aromatic heterocycles. The number of methoxy groups -OCH3 is 1. The van der Waals surface area contributed by atoms with Crippen LogP contribution in [-0.2, 0) is 4.74 Å². The van der Waals surface area contributed by atoms with Gasteiger partial charge in [-0.1, -0.05) is 13.3 Å². The molecule has 8 heteroatoms. The molecule has 0 fully saturated rings. The molecule has 0 radical (unpaired) electrons. The first-order valence-electron chi connectivity index (χ1n) is 6.04. The molecule has 0 saturated carbocycles. The van der Waals surface area contributed by atoms with E-state index in [4.69, 9.17) is 0 Å². The smallest absolute Gasteiger partial charge is 0.413 e. The maximum Gasteiger partial charge on any atom is 0.413 e. The third-order valence-corrected chi connectivity index (χ3v) is 2.52. The summed E-state index contributed by atoms with van der Waals surface area (Å²) in [6.07, 6.45) is 3.07. The summed E-state index contributed by atoms with van der Waals surface area (Å²) < 4.78 is 4.51. The molecule has 102 valence electrons. The minimum absolute atomic E-state index is 0.180. The number of rotatable bonds is 5. The van der Waals surface area contributed by atoms with Gasteiger partial charge in [0.1, 0.15) is 11.0 Å². The summed E-state index contributed by atoms with van der Waals surface area (Å²) >= 11 is 0. The Hall–Kier alpha value is -2.38. The van der Waals surface area contributed by atoms with Crippen LogP contribution in [0.25, 0.3) is 11.0 Å². The summed E-state index contributed by atoms with van der Waals surface area (Å²) in [5.74, 6) is 0.794. The van der Waals surface area contributed by atoms with Gasteiger partial charge in [0.25, 0.3) is 0 Å². The largest absolute Gasteiger partial charge is 0.453 e. The predicted molar refractivity (Wildman–Crippen MR) is 71.1 cm³/mol. The van der Waals surface area contributed by atoms with Crippen molar-refractivity contribution in [3.8, 4) is 0 Å². The molecule has 3 N–H and O–H groups in total. The molecule has 2 rings (SSSR count). The summed E-state index contributed by atoms with van der Waals surface area (Å²) in [5, 5.41) is 12.4. The Kier molecular flexibility index (Phi) is 4.11. The van der Waals surface area contributed by atoms with Crippen molar-refractivity contribution in [3.05, 3.63) is 6.20 Å². The molecule has 0 saturated heterocycles. The van der Waals surface area contributed by atoms with E-state index in [0.29, 0.717) is 16.9 Å². The van der Waals surface area contributed by atoms with Crippen molar-refractivity contribution >= 4 is 28.9 Å². The Bertz CT molecular complexity index is 567. The summed E-state index contributed by atoms with van der Waals surface area (Å²) in [7, 11) is 1.28. The zero-order valence-corrected chi connectivity index (χ0v) is 10.9. The first kappa shape index (κ1) is 13.1. The lowest BCUT2D eigenvalue weighted by Crippen LogP contribution is -2.14. The Morgan fingerprint density at radius 1 is 1.47 bits per heavy atom. The Balaban J connectivity index is 2.25. The van der Waals surface area contributed by atoms with Gasteiger partial charge in [-0.05, 0) is 6.42 Å². The second kappa shape index (κ2) is 5.98. The van der Waals surface area contributed by atoms with E-state index in [1.165, 1.54) is 7.11 Å². The Morgan fingerprint density at radius 2 is 2.32 bits per heavy atom. The Morgan fingerprint density at radius 3 is 3.05 bits per heavy atom. The van der Waals surface area contributed by atoms with Gasteiger partial charge < -0.3 is 10.1 Å². The third kappa shape index (κ3) is 3.09. The van der Waals surface area contributed by atoms with Crippen LogP contribution in [0, 0.1) is 0 Å². The van der Waals surface area contributed by atoms with E-state index >= 15 is 0 Å². The van der Waals surface area contributed by atoms with Crippen LogP contribution in [-0.4, -0.2) is 39.9 Å². The maximum atomic E-state index is 11.2. The minimum Gasteiger partial charge on any atom is -0.453 e. The number of hydrogen-bond acceptors (Lipinski definition) is 6. The summed E-state index contributed by atoms with van der Waals surface area (Å²) in [5.41, 5.74) is 1.34. The molecule has 8 nitrogen and oxygen atoms in total. The third-order valence-electron chi connectivity index (χ3n) is 2.52. The van der Waals surface area contributed by atoms with Crippen molar-refractivity contribution in [2.75, 3.05) is 24.3 Å². The Labute approximate surface area is 110 Å². The van der Waals surface area contributed by atoms with E-state index in [-0.39, 0.29) is 5.95 Å². The molecular formula is C11H16N6O2. The average molecular weight is 264 g/mol. The monoisotopic (exact) mass is 264 g/mol. The van der Waals surface area contributed by atoms with E-state index in [1.54, 1.807) is 6.20 Å². The van der Waals surface area contributed by atoms with Crippen molar-refractivity contribution in [1.82, 2.24) is 20.2 Å². The van der Waals surface area contributed by atoms with Gasteiger partial charge >= 0.3 is 6.09 Å². The highest BCUT2D eigenvalue weighted by atomic mass is 16.5. The van der Waals surface area contributed by atoms with E-state index < -0.39 is 6.09 Å². The van der Waals surface area contributed by atoms with E-state index in [0.717, 1.165) is 19.4 Å². The SMILES string of the molecule is CCCCNc1nc(NC(=O)OC)nc2cn[nH]c12. The highest BCUT2D eigenvalue weighted by molar-refractivity contribution is 5.88. The molecule has 0 atom stereocenters. The number of unbranched alkanes of at least 4 members (excludes halogenated alkanes) is 1. The van der Waals surface area contributed by atoms with Crippen LogP contribution in [0.15, 0.2) is 6.20 Å². The van der Waals surface area contributed by atoms with Gasteiger partial charge in [0.05, 0.1) is 13.3 Å². The lowest BCUT2D eigenvalue weighted by atomic mass is 10.3. The van der Waals surface area contributed by atoms with Crippen LogP contribution in [0.4, 0.5) is 16.6 Å². The number of ether oxygens (including phenoxy) is 1. The maximum absolute atomic E-state index is 11.2. The fourth-order valence-corrected chi connectivity index (χ4v) is 1.55. The topological polar surface area (TPSA) is 105 Å². The first-order valence-corrected chi connectivity index (χ1v) is 6.04. The quantitative estimate of drug-likeness (QED) is 0.710. The number of carbonyl (C=O) groups excluding carboxylic acids is 1. The number of hydrogen-bond donors (Lipinski definition) is 3. The van der Waals surface area contributed by atoms with Crippen molar-refractivity contribution in [1.29, 1.82) is 0 Å². The molecule has 0 aliphatic carbocycles. The molecule has 0 spiro atoms. The van der Waals surface area contributed by atoms with Crippen molar-refractivity contribution in [2.24, 2.45) is 0 Å². The molecule has 0 aromatic carbocycles. The van der Waals surface area contributed by atoms with Crippen molar-refractivity contribution in [2.45, 2.75) is 19.8 Å². The number of aromatic amines is 1. The van der Waals surface area contributed by atoms with Gasteiger partial charge in [-0.2, -0.15) is 10.1 Å². The van der Waals surface area contributed by atoms with Crippen LogP contribution >= 0.6 is 0 Å². The number of carbonyl (C=O) groups is 1. The second-order valence-electron chi connectivity index (χ2n) is 3.92. The first-order chi connectivity index (χ1) is 9.24. The molecule has 2 heterocycles. The fourth-order valence-electron chi connectivity index (χ4n) is 1.55. The second-order valence-corrected chi connectivity index (χ2v) is 3.92. The number of anilines is 2. The van der Waals surface area contributed by atoms with E-state index in [1.807, 2.05) is 0 Å². The van der Waals surface area contributed by atoms with Crippen LogP contribution < -0.4 is 10.6 Å². The average Bonchev–Trinajstić information content (AvgIpc) is 2.87. The minimum atomic E-state index is -0.609. The van der Waals surface area contributed by atoms with Crippen LogP contribution in [0.3, 0.4) is 0 Å². The number of H-pyrrole nitrogens is 1. The summed E-state index contributed by atoms with van der Waals surface area (Å²) in [6.45, 7) is 2.90. The normalized spacial score (nSPS) is 10.4. The standard InChI is InChI=1S/C11H16N6O2/c1-3-4-5-12-9-8-7(6-13-17-8)14-10(15-9)16-11(18)19-2/h6H,3-5H2,1-2H3,(H,13,17)(H2,12,14,15,16,18).